The van der Waals surface area contributed by atoms with E-state index in [1.807, 2.05) is 0 Å². The fourth-order valence-electron chi connectivity index (χ4n) is 1.79. The van der Waals surface area contributed by atoms with Gasteiger partial charge in [-0.1, -0.05) is 6.42 Å². The molecule has 0 saturated heterocycles. The van der Waals surface area contributed by atoms with Crippen molar-refractivity contribution in [1.82, 2.24) is 5.32 Å². The SMILES string of the molecule is CSC1(CNCC2CCC2)CC1. The van der Waals surface area contributed by atoms with Gasteiger partial charge in [0.2, 0.25) is 0 Å². The largest absolute Gasteiger partial charge is 0.315 e. The van der Waals surface area contributed by atoms with Gasteiger partial charge in [0.05, 0.1) is 0 Å². The molecule has 0 aromatic rings. The van der Waals surface area contributed by atoms with Crippen LogP contribution in [0.1, 0.15) is 32.1 Å². The minimum absolute atomic E-state index is 0.656. The average Bonchev–Trinajstić information content (AvgIpc) is 2.76. The Morgan fingerprint density at radius 3 is 2.58 bits per heavy atom. The summed E-state index contributed by atoms with van der Waals surface area (Å²) in [6.45, 7) is 2.53. The molecule has 2 heteroatoms. The second-order valence-corrected chi connectivity index (χ2v) is 5.59. The highest BCUT2D eigenvalue weighted by Gasteiger charge is 2.41. The summed E-state index contributed by atoms with van der Waals surface area (Å²) in [7, 11) is 0. The average molecular weight is 185 g/mol. The van der Waals surface area contributed by atoms with Gasteiger partial charge in [0.25, 0.3) is 0 Å². The van der Waals surface area contributed by atoms with Crippen LogP contribution in [0.25, 0.3) is 0 Å². The van der Waals surface area contributed by atoms with Crippen molar-refractivity contribution in [3.63, 3.8) is 0 Å². The van der Waals surface area contributed by atoms with E-state index in [0.717, 1.165) is 5.92 Å². The molecule has 0 atom stereocenters. The van der Waals surface area contributed by atoms with Crippen LogP contribution >= 0.6 is 11.8 Å². The molecule has 0 unspecified atom stereocenters. The van der Waals surface area contributed by atoms with Gasteiger partial charge in [0.15, 0.2) is 0 Å². The molecule has 0 spiro atoms. The molecule has 0 aromatic carbocycles. The van der Waals surface area contributed by atoms with Crippen molar-refractivity contribution in [3.05, 3.63) is 0 Å². The first-order valence-corrected chi connectivity index (χ1v) is 6.33. The lowest BCUT2D eigenvalue weighted by molar-refractivity contribution is 0.302. The Balaban J connectivity index is 1.56. The lowest BCUT2D eigenvalue weighted by Gasteiger charge is -2.26. The summed E-state index contributed by atoms with van der Waals surface area (Å²) in [4.78, 5) is 0. The van der Waals surface area contributed by atoms with E-state index in [1.54, 1.807) is 0 Å². The second-order valence-electron chi connectivity index (χ2n) is 4.31. The minimum Gasteiger partial charge on any atom is -0.315 e. The lowest BCUT2D eigenvalue weighted by Crippen LogP contribution is -2.32. The third-order valence-corrected chi connectivity index (χ3v) is 4.76. The molecule has 70 valence electrons. The molecule has 2 aliphatic rings. The van der Waals surface area contributed by atoms with E-state index in [2.05, 4.69) is 23.3 Å². The number of nitrogens with one attached hydrogen (secondary N) is 1. The van der Waals surface area contributed by atoms with Crippen molar-refractivity contribution in [2.45, 2.75) is 36.9 Å². The zero-order valence-electron chi connectivity index (χ0n) is 7.94. The third kappa shape index (κ3) is 1.97. The highest BCUT2D eigenvalue weighted by atomic mass is 32.2. The predicted octanol–water partition coefficient (Wildman–Crippen LogP) is 2.27. The van der Waals surface area contributed by atoms with Crippen LogP contribution in [0.4, 0.5) is 0 Å². The zero-order chi connectivity index (χ0) is 8.44. The topological polar surface area (TPSA) is 12.0 Å². The van der Waals surface area contributed by atoms with Crippen LogP contribution in [-0.2, 0) is 0 Å². The van der Waals surface area contributed by atoms with Gasteiger partial charge in [-0.3, -0.25) is 0 Å². The summed E-state index contributed by atoms with van der Waals surface area (Å²) in [6.07, 6.45) is 9.54. The Kier molecular flexibility index (Phi) is 2.66. The summed E-state index contributed by atoms with van der Waals surface area (Å²) in [6, 6.07) is 0. The predicted molar refractivity (Wildman–Crippen MR) is 55.7 cm³/mol. The van der Waals surface area contributed by atoms with Gasteiger partial charge in [-0.25, -0.2) is 0 Å². The van der Waals surface area contributed by atoms with E-state index in [4.69, 9.17) is 0 Å². The first-order valence-electron chi connectivity index (χ1n) is 5.10. The molecule has 0 radical (unpaired) electrons. The summed E-state index contributed by atoms with van der Waals surface area (Å²) in [5.74, 6) is 1.02. The zero-order valence-corrected chi connectivity index (χ0v) is 8.75. The molecule has 12 heavy (non-hydrogen) atoms. The maximum Gasteiger partial charge on any atom is 0.0282 e. The molecule has 0 aliphatic heterocycles. The van der Waals surface area contributed by atoms with Gasteiger partial charge in [-0.05, 0) is 44.4 Å². The number of rotatable bonds is 5. The van der Waals surface area contributed by atoms with Crippen molar-refractivity contribution in [1.29, 1.82) is 0 Å². The van der Waals surface area contributed by atoms with E-state index in [-0.39, 0.29) is 0 Å². The standard InChI is InChI=1S/C10H19NS/c1-12-10(5-6-10)8-11-7-9-3-2-4-9/h9,11H,2-8H2,1H3. The van der Waals surface area contributed by atoms with Crippen molar-refractivity contribution < 1.29 is 0 Å². The van der Waals surface area contributed by atoms with Crippen LogP contribution in [0.3, 0.4) is 0 Å². The summed E-state index contributed by atoms with van der Waals surface area (Å²) in [5.41, 5.74) is 0. The minimum atomic E-state index is 0.656. The molecule has 0 bridgehead atoms. The molecule has 2 aliphatic carbocycles. The van der Waals surface area contributed by atoms with Crippen molar-refractivity contribution in [3.8, 4) is 0 Å². The molecule has 1 nitrogen and oxygen atoms in total. The molecule has 2 fully saturated rings. The van der Waals surface area contributed by atoms with Gasteiger partial charge in [-0.15, -0.1) is 0 Å². The first-order chi connectivity index (χ1) is 5.85. The molecular weight excluding hydrogens is 166 g/mol. The van der Waals surface area contributed by atoms with Crippen molar-refractivity contribution in [2.24, 2.45) is 5.92 Å². The van der Waals surface area contributed by atoms with Crippen LogP contribution in [0.15, 0.2) is 0 Å². The number of thioether (sulfide) groups is 1. The number of hydrogen-bond acceptors (Lipinski definition) is 2. The Bertz CT molecular complexity index is 150. The van der Waals surface area contributed by atoms with Crippen LogP contribution in [0.2, 0.25) is 0 Å². The van der Waals surface area contributed by atoms with E-state index in [0.29, 0.717) is 4.75 Å². The lowest BCUT2D eigenvalue weighted by atomic mass is 9.85. The second kappa shape index (κ2) is 3.59. The fraction of sp³-hybridized carbons (Fsp3) is 1.00. The van der Waals surface area contributed by atoms with Crippen molar-refractivity contribution >= 4 is 11.8 Å². The van der Waals surface area contributed by atoms with E-state index >= 15 is 0 Å². The maximum absolute atomic E-state index is 3.62. The Hall–Kier alpha value is 0.310. The third-order valence-electron chi connectivity index (χ3n) is 3.35. The highest BCUT2D eigenvalue weighted by Crippen LogP contribution is 2.46. The van der Waals surface area contributed by atoms with Gasteiger partial charge < -0.3 is 5.32 Å². The molecule has 1 N–H and O–H groups in total. The van der Waals surface area contributed by atoms with Gasteiger partial charge >= 0.3 is 0 Å². The Labute approximate surface area is 79.7 Å². The maximum atomic E-state index is 3.62. The molecule has 2 rings (SSSR count). The summed E-state index contributed by atoms with van der Waals surface area (Å²) < 4.78 is 0.656. The van der Waals surface area contributed by atoms with Crippen molar-refractivity contribution in [2.75, 3.05) is 19.3 Å². The quantitative estimate of drug-likeness (QED) is 0.705. The van der Waals surface area contributed by atoms with Crippen LogP contribution in [0, 0.1) is 5.92 Å². The number of hydrogen-bond donors (Lipinski definition) is 1. The highest BCUT2D eigenvalue weighted by molar-refractivity contribution is 8.00. The monoisotopic (exact) mass is 185 g/mol. The van der Waals surface area contributed by atoms with Crippen LogP contribution in [0.5, 0.6) is 0 Å². The van der Waals surface area contributed by atoms with Crippen LogP contribution in [-0.4, -0.2) is 24.1 Å². The van der Waals surface area contributed by atoms with E-state index in [1.165, 1.54) is 45.2 Å². The van der Waals surface area contributed by atoms with E-state index < -0.39 is 0 Å². The van der Waals surface area contributed by atoms with Gasteiger partial charge in [-0.2, -0.15) is 11.8 Å². The Morgan fingerprint density at radius 2 is 2.17 bits per heavy atom. The van der Waals surface area contributed by atoms with Crippen LogP contribution < -0.4 is 5.32 Å². The molecule has 0 heterocycles. The fourth-order valence-corrected chi connectivity index (χ4v) is 2.55. The normalized spacial score (nSPS) is 26.8. The van der Waals surface area contributed by atoms with Gasteiger partial charge in [0.1, 0.15) is 0 Å². The van der Waals surface area contributed by atoms with Gasteiger partial charge in [0, 0.05) is 11.3 Å². The smallest absolute Gasteiger partial charge is 0.0282 e. The molecule has 0 amide bonds. The Morgan fingerprint density at radius 1 is 1.42 bits per heavy atom. The molecule has 0 aromatic heterocycles. The molecule has 2 saturated carbocycles. The van der Waals surface area contributed by atoms with E-state index in [9.17, 15) is 0 Å². The summed E-state index contributed by atoms with van der Waals surface area (Å²) >= 11 is 2.05. The molecular formula is C10H19NS. The summed E-state index contributed by atoms with van der Waals surface area (Å²) in [5, 5.41) is 3.62. The first kappa shape index (κ1) is 8.89.